The molecule has 0 aromatic heterocycles. The molecular formula is C48H100P2. The van der Waals surface area contributed by atoms with E-state index in [0.717, 1.165) is 0 Å². The Bertz CT molecular complexity index is 500. The summed E-state index contributed by atoms with van der Waals surface area (Å²) in [5, 5.41) is 0. The molecule has 0 N–H and O–H groups in total. The number of hydrogen-bond acceptors (Lipinski definition) is 0. The maximum absolute atomic E-state index is 2.31. The molecule has 0 nitrogen and oxygen atoms in total. The summed E-state index contributed by atoms with van der Waals surface area (Å²) in [6, 6.07) is 0. The zero-order valence-corrected chi connectivity index (χ0v) is 37.5. The maximum atomic E-state index is 2.31. The zero-order chi connectivity index (χ0) is 35.9. The van der Waals surface area contributed by atoms with Crippen LogP contribution >= 0.6 is 16.5 Å². The number of unbranched alkanes of at least 4 members (excludes halogenated alkanes) is 42. The average molecular weight is 739 g/mol. The Labute approximate surface area is 324 Å². The minimum atomic E-state index is 1.28. The van der Waals surface area contributed by atoms with Crippen LogP contribution in [0.15, 0.2) is 0 Å². The number of hydrogen-bond donors (Lipinski definition) is 0. The van der Waals surface area contributed by atoms with E-state index in [-0.39, 0.29) is 0 Å². The summed E-state index contributed by atoms with van der Waals surface area (Å²) in [7, 11) is 2.56. The van der Waals surface area contributed by atoms with Crippen molar-refractivity contribution in [2.24, 2.45) is 0 Å². The second kappa shape index (κ2) is 49.9. The highest BCUT2D eigenvalue weighted by Crippen LogP contribution is 2.38. The molecule has 0 amide bonds. The first kappa shape index (κ1) is 50.9. The third-order valence-corrected chi connectivity index (χ3v) is 15.1. The van der Waals surface area contributed by atoms with Crippen LogP contribution < -0.4 is 0 Å². The summed E-state index contributed by atoms with van der Waals surface area (Å²) in [5.74, 6) is 0. The van der Waals surface area contributed by atoms with Gasteiger partial charge < -0.3 is 0 Å². The molecule has 0 fully saturated rings. The second-order valence-electron chi connectivity index (χ2n) is 16.7. The van der Waals surface area contributed by atoms with Gasteiger partial charge in [-0.25, -0.2) is 0 Å². The van der Waals surface area contributed by atoms with Crippen molar-refractivity contribution in [3.63, 3.8) is 0 Å². The van der Waals surface area contributed by atoms with Gasteiger partial charge in [0.2, 0.25) is 0 Å². The Hall–Kier alpha value is 0.860. The normalized spacial score (nSPS) is 12.1. The highest BCUT2D eigenvalue weighted by atomic mass is 32.0. The van der Waals surface area contributed by atoms with Gasteiger partial charge >= 0.3 is 0 Å². The Balaban J connectivity index is 3.04. The van der Waals surface area contributed by atoms with Gasteiger partial charge in [0.1, 0.15) is 0 Å². The lowest BCUT2D eigenvalue weighted by Crippen LogP contribution is -1.85. The van der Waals surface area contributed by atoms with E-state index in [1.807, 2.05) is 0 Å². The standard InChI is InChI=1S/C48H100P2/c1-3-5-7-9-11-13-15-17-19-21-23-25-27-29-31-33-35-37-39-41-43-45-47-49-50-48-46-44-42-40-38-36-34-32-30-28-26-24-22-20-18-16-14-12-10-8-6-4-2/h49-50H,3-48H2,1-2H3. The van der Waals surface area contributed by atoms with Gasteiger partial charge in [0.25, 0.3) is 0 Å². The molecule has 0 saturated carbocycles. The van der Waals surface area contributed by atoms with Crippen molar-refractivity contribution in [1.29, 1.82) is 0 Å². The van der Waals surface area contributed by atoms with Crippen molar-refractivity contribution in [1.82, 2.24) is 0 Å². The summed E-state index contributed by atoms with van der Waals surface area (Å²) >= 11 is 0. The monoisotopic (exact) mass is 739 g/mol. The second-order valence-corrected chi connectivity index (χ2v) is 20.5. The number of rotatable bonds is 47. The molecule has 2 unspecified atom stereocenters. The summed E-state index contributed by atoms with van der Waals surface area (Å²) < 4.78 is 0. The van der Waals surface area contributed by atoms with Gasteiger partial charge in [-0.1, -0.05) is 300 Å². The molecule has 50 heavy (non-hydrogen) atoms. The first-order valence-electron chi connectivity index (χ1n) is 24.4. The van der Waals surface area contributed by atoms with Crippen LogP contribution in [0.25, 0.3) is 0 Å². The van der Waals surface area contributed by atoms with E-state index in [9.17, 15) is 0 Å². The van der Waals surface area contributed by atoms with Crippen molar-refractivity contribution >= 4 is 16.5 Å². The molecule has 0 aromatic rings. The molecule has 0 spiro atoms. The lowest BCUT2D eigenvalue weighted by Gasteiger charge is -2.05. The fraction of sp³-hybridized carbons (Fsp3) is 1.00. The van der Waals surface area contributed by atoms with E-state index in [1.165, 1.54) is 311 Å². The van der Waals surface area contributed by atoms with E-state index in [4.69, 9.17) is 0 Å². The molecule has 0 aliphatic carbocycles. The van der Waals surface area contributed by atoms with Crippen LogP contribution in [0.5, 0.6) is 0 Å². The van der Waals surface area contributed by atoms with E-state index in [2.05, 4.69) is 13.8 Å². The van der Waals surface area contributed by atoms with Crippen LogP contribution in [0.4, 0.5) is 0 Å². The lowest BCUT2D eigenvalue weighted by molar-refractivity contribution is 0.520. The van der Waals surface area contributed by atoms with Gasteiger partial charge in [0, 0.05) is 0 Å². The predicted molar refractivity (Wildman–Crippen MR) is 241 cm³/mol. The van der Waals surface area contributed by atoms with Gasteiger partial charge in [-0.3, -0.25) is 0 Å². The summed E-state index contributed by atoms with van der Waals surface area (Å²) in [5.41, 5.74) is 0. The van der Waals surface area contributed by atoms with Crippen molar-refractivity contribution in [3.05, 3.63) is 0 Å². The fourth-order valence-corrected chi connectivity index (χ4v) is 11.1. The van der Waals surface area contributed by atoms with Crippen LogP contribution in [-0.4, -0.2) is 12.3 Å². The maximum Gasteiger partial charge on any atom is -0.0317 e. The van der Waals surface area contributed by atoms with Crippen molar-refractivity contribution in [3.8, 4) is 0 Å². The van der Waals surface area contributed by atoms with E-state index in [0.29, 0.717) is 0 Å². The van der Waals surface area contributed by atoms with Gasteiger partial charge in [0.05, 0.1) is 0 Å². The average Bonchev–Trinajstić information content (AvgIpc) is 3.13. The highest BCUT2D eigenvalue weighted by molar-refractivity contribution is 8.11. The SMILES string of the molecule is CCCCCCCCCCCCCCCCCCCCCCCCPPCCCCCCCCCCCCCCCCCCCCCCCC. The molecule has 2 heteroatoms. The van der Waals surface area contributed by atoms with Crippen LogP contribution in [0.1, 0.15) is 296 Å². The highest BCUT2D eigenvalue weighted by Gasteiger charge is 1.98. The Morgan fingerprint density at radius 3 is 0.420 bits per heavy atom. The van der Waals surface area contributed by atoms with Crippen LogP contribution in [-0.2, 0) is 0 Å². The molecule has 0 aliphatic rings. The quantitative estimate of drug-likeness (QED) is 0.0431. The van der Waals surface area contributed by atoms with Crippen molar-refractivity contribution in [2.75, 3.05) is 12.3 Å². The lowest BCUT2D eigenvalue weighted by atomic mass is 10.0. The molecule has 302 valence electrons. The topological polar surface area (TPSA) is 0 Å². The Kier molecular flexibility index (Phi) is 50.7. The molecular weight excluding hydrogens is 638 g/mol. The Morgan fingerprint density at radius 2 is 0.280 bits per heavy atom. The van der Waals surface area contributed by atoms with Gasteiger partial charge in [-0.2, -0.15) is 0 Å². The third kappa shape index (κ3) is 48.9. The molecule has 0 radical (unpaired) electrons. The molecule has 0 rings (SSSR count). The first-order valence-corrected chi connectivity index (χ1v) is 27.8. The van der Waals surface area contributed by atoms with E-state index < -0.39 is 0 Å². The van der Waals surface area contributed by atoms with Crippen LogP contribution in [0.3, 0.4) is 0 Å². The van der Waals surface area contributed by atoms with Crippen molar-refractivity contribution < 1.29 is 0 Å². The van der Waals surface area contributed by atoms with Gasteiger partial charge in [-0.15, -0.1) is 0 Å². The molecule has 0 aromatic carbocycles. The van der Waals surface area contributed by atoms with E-state index >= 15 is 0 Å². The van der Waals surface area contributed by atoms with Gasteiger partial charge in [-0.05, 0) is 25.2 Å². The largest absolute Gasteiger partial charge is 0.0992 e. The summed E-state index contributed by atoms with van der Waals surface area (Å²) in [4.78, 5) is 0. The minimum Gasteiger partial charge on any atom is -0.0992 e. The molecule has 0 bridgehead atoms. The first-order chi connectivity index (χ1) is 24.9. The molecule has 2 atom stereocenters. The fourth-order valence-electron chi connectivity index (χ4n) is 7.82. The zero-order valence-electron chi connectivity index (χ0n) is 35.5. The van der Waals surface area contributed by atoms with E-state index in [1.54, 1.807) is 0 Å². The van der Waals surface area contributed by atoms with Crippen LogP contribution in [0.2, 0.25) is 0 Å². The predicted octanol–water partition coefficient (Wildman–Crippen LogP) is 19.5. The minimum absolute atomic E-state index is 1.28. The third-order valence-electron chi connectivity index (χ3n) is 11.4. The molecule has 0 aliphatic heterocycles. The molecule has 0 heterocycles. The smallest absolute Gasteiger partial charge is 0.0317 e. The summed E-state index contributed by atoms with van der Waals surface area (Å²) in [6.45, 7) is 4.63. The van der Waals surface area contributed by atoms with Gasteiger partial charge in [0.15, 0.2) is 0 Å². The van der Waals surface area contributed by atoms with Crippen molar-refractivity contribution in [2.45, 2.75) is 296 Å². The summed E-state index contributed by atoms with van der Waals surface area (Å²) in [6.07, 6.45) is 68.6. The molecule has 0 saturated heterocycles. The van der Waals surface area contributed by atoms with Crippen LogP contribution in [0, 0.1) is 0 Å². The Morgan fingerprint density at radius 1 is 0.160 bits per heavy atom.